The summed E-state index contributed by atoms with van der Waals surface area (Å²) in [4.78, 5) is 2.26. The van der Waals surface area contributed by atoms with Gasteiger partial charge in [0.15, 0.2) is 6.23 Å². The van der Waals surface area contributed by atoms with Crippen molar-refractivity contribution in [1.82, 2.24) is 0 Å². The van der Waals surface area contributed by atoms with E-state index in [1.807, 2.05) is 60.7 Å². The van der Waals surface area contributed by atoms with Crippen LogP contribution in [0.2, 0.25) is 5.02 Å². The Kier molecular flexibility index (Phi) is 3.68. The van der Waals surface area contributed by atoms with Crippen LogP contribution < -0.4 is 9.64 Å². The number of hydrogen-bond donors (Lipinski definition) is 0. The van der Waals surface area contributed by atoms with Gasteiger partial charge in [0.2, 0.25) is 0 Å². The molecule has 0 saturated heterocycles. The molecular weight excluding hydrogens is 306 g/mol. The number of benzene rings is 3. The Morgan fingerprint density at radius 1 is 0.826 bits per heavy atom. The van der Waals surface area contributed by atoms with Crippen LogP contribution in [0.1, 0.15) is 17.4 Å². The number of para-hydroxylation sites is 1. The van der Waals surface area contributed by atoms with Crippen molar-refractivity contribution in [3.63, 3.8) is 0 Å². The summed E-state index contributed by atoms with van der Waals surface area (Å²) in [6.07, 6.45) is -0.146. The molecule has 0 radical (unpaired) electrons. The maximum absolute atomic E-state index is 6.31. The molecule has 0 N–H and O–H groups in total. The predicted molar refractivity (Wildman–Crippen MR) is 93.9 cm³/mol. The van der Waals surface area contributed by atoms with E-state index in [1.54, 1.807) is 0 Å². The lowest BCUT2D eigenvalue weighted by molar-refractivity contribution is 0.178. The lowest BCUT2D eigenvalue weighted by Gasteiger charge is -2.38. The van der Waals surface area contributed by atoms with Gasteiger partial charge in [-0.3, -0.25) is 0 Å². The van der Waals surface area contributed by atoms with Crippen LogP contribution in [-0.2, 0) is 6.54 Å². The summed E-state index contributed by atoms with van der Waals surface area (Å²) in [5, 5.41) is 0.739. The van der Waals surface area contributed by atoms with E-state index < -0.39 is 0 Å². The van der Waals surface area contributed by atoms with E-state index in [0.717, 1.165) is 28.6 Å². The number of rotatable bonds is 2. The number of nitrogens with zero attached hydrogens (tertiary/aromatic N) is 1. The van der Waals surface area contributed by atoms with Gasteiger partial charge in [-0.05, 0) is 30.3 Å². The molecule has 3 aromatic rings. The Bertz CT molecular complexity index is 801. The second-order valence-corrected chi connectivity index (χ2v) is 6.03. The highest BCUT2D eigenvalue weighted by Crippen LogP contribution is 2.38. The second kappa shape index (κ2) is 5.98. The zero-order chi connectivity index (χ0) is 15.6. The third kappa shape index (κ3) is 2.78. The maximum atomic E-state index is 6.31. The van der Waals surface area contributed by atoms with Crippen molar-refractivity contribution in [2.45, 2.75) is 12.8 Å². The van der Waals surface area contributed by atoms with Gasteiger partial charge in [0.25, 0.3) is 0 Å². The molecule has 0 fully saturated rings. The van der Waals surface area contributed by atoms with Crippen LogP contribution in [0.5, 0.6) is 5.75 Å². The minimum absolute atomic E-state index is 0.146. The van der Waals surface area contributed by atoms with Gasteiger partial charge < -0.3 is 9.64 Å². The van der Waals surface area contributed by atoms with Crippen molar-refractivity contribution in [1.29, 1.82) is 0 Å². The van der Waals surface area contributed by atoms with Crippen LogP contribution in [-0.4, -0.2) is 0 Å². The molecule has 114 valence electrons. The highest BCUT2D eigenvalue weighted by atomic mass is 35.5. The Labute approximate surface area is 140 Å². The van der Waals surface area contributed by atoms with Gasteiger partial charge in [-0.25, -0.2) is 0 Å². The molecule has 3 heteroatoms. The van der Waals surface area contributed by atoms with E-state index in [4.69, 9.17) is 16.3 Å². The number of halogens is 1. The summed E-state index contributed by atoms with van der Waals surface area (Å²) in [6, 6.07) is 26.4. The average Bonchev–Trinajstić information content (AvgIpc) is 2.62. The molecule has 4 rings (SSSR count). The van der Waals surface area contributed by atoms with Crippen LogP contribution in [0.15, 0.2) is 78.9 Å². The lowest BCUT2D eigenvalue weighted by atomic mass is 10.1. The standard InChI is InChI=1S/C20H16ClNO/c21-17-10-12-18(13-11-17)22-14-16-8-4-5-9-19(16)23-20(22)15-6-2-1-3-7-15/h1-13,20H,14H2. The quantitative estimate of drug-likeness (QED) is 0.623. The first-order valence-electron chi connectivity index (χ1n) is 7.63. The van der Waals surface area contributed by atoms with Crippen molar-refractivity contribution >= 4 is 17.3 Å². The first kappa shape index (κ1) is 14.2. The molecule has 0 spiro atoms. The van der Waals surface area contributed by atoms with Crippen molar-refractivity contribution in [2.75, 3.05) is 4.90 Å². The zero-order valence-corrected chi connectivity index (χ0v) is 13.3. The van der Waals surface area contributed by atoms with Gasteiger partial charge in [0, 0.05) is 21.8 Å². The summed E-state index contributed by atoms with van der Waals surface area (Å²) in [7, 11) is 0. The summed E-state index contributed by atoms with van der Waals surface area (Å²) in [5.74, 6) is 0.951. The minimum atomic E-state index is -0.146. The summed E-state index contributed by atoms with van der Waals surface area (Å²) < 4.78 is 6.31. The molecule has 3 aromatic carbocycles. The van der Waals surface area contributed by atoms with E-state index in [9.17, 15) is 0 Å². The van der Waals surface area contributed by atoms with E-state index in [2.05, 4.69) is 23.1 Å². The van der Waals surface area contributed by atoms with Crippen molar-refractivity contribution in [2.24, 2.45) is 0 Å². The first-order valence-corrected chi connectivity index (χ1v) is 8.01. The maximum Gasteiger partial charge on any atom is 0.199 e. The van der Waals surface area contributed by atoms with Gasteiger partial charge >= 0.3 is 0 Å². The molecule has 1 unspecified atom stereocenters. The normalized spacial score (nSPS) is 16.6. The van der Waals surface area contributed by atoms with Crippen LogP contribution in [0, 0.1) is 0 Å². The molecule has 0 aliphatic carbocycles. The summed E-state index contributed by atoms with van der Waals surface area (Å²) >= 11 is 6.04. The van der Waals surface area contributed by atoms with E-state index in [-0.39, 0.29) is 6.23 Å². The summed E-state index contributed by atoms with van der Waals surface area (Å²) in [6.45, 7) is 0.803. The largest absolute Gasteiger partial charge is 0.466 e. The monoisotopic (exact) mass is 321 g/mol. The average molecular weight is 322 g/mol. The lowest BCUT2D eigenvalue weighted by Crippen LogP contribution is -2.35. The Hall–Kier alpha value is -2.45. The number of hydrogen-bond acceptors (Lipinski definition) is 2. The fourth-order valence-electron chi connectivity index (χ4n) is 2.92. The fraction of sp³-hybridized carbons (Fsp3) is 0.100. The minimum Gasteiger partial charge on any atom is -0.466 e. The molecule has 0 bridgehead atoms. The zero-order valence-electron chi connectivity index (χ0n) is 12.5. The Morgan fingerprint density at radius 2 is 1.52 bits per heavy atom. The van der Waals surface area contributed by atoms with E-state index in [0.29, 0.717) is 0 Å². The highest BCUT2D eigenvalue weighted by Gasteiger charge is 2.28. The Balaban J connectivity index is 1.78. The smallest absolute Gasteiger partial charge is 0.199 e. The first-order chi connectivity index (χ1) is 11.3. The third-order valence-electron chi connectivity index (χ3n) is 4.08. The molecule has 0 aromatic heterocycles. The van der Waals surface area contributed by atoms with E-state index >= 15 is 0 Å². The van der Waals surface area contributed by atoms with Gasteiger partial charge in [0.1, 0.15) is 5.75 Å². The number of fused-ring (bicyclic) bond motifs is 1. The Morgan fingerprint density at radius 3 is 2.30 bits per heavy atom. The highest BCUT2D eigenvalue weighted by molar-refractivity contribution is 6.30. The number of anilines is 1. The van der Waals surface area contributed by atoms with E-state index in [1.165, 1.54) is 5.56 Å². The van der Waals surface area contributed by atoms with Crippen LogP contribution in [0.25, 0.3) is 0 Å². The van der Waals surface area contributed by atoms with Crippen LogP contribution >= 0.6 is 11.6 Å². The van der Waals surface area contributed by atoms with Crippen molar-refractivity contribution in [3.05, 3.63) is 95.0 Å². The van der Waals surface area contributed by atoms with Crippen molar-refractivity contribution < 1.29 is 4.74 Å². The molecule has 0 amide bonds. The van der Waals surface area contributed by atoms with Gasteiger partial charge in [0.05, 0.1) is 6.54 Å². The van der Waals surface area contributed by atoms with Gasteiger partial charge in [-0.15, -0.1) is 0 Å². The predicted octanol–water partition coefficient (Wildman–Crippen LogP) is 5.44. The van der Waals surface area contributed by atoms with Gasteiger partial charge in [-0.2, -0.15) is 0 Å². The molecule has 23 heavy (non-hydrogen) atoms. The summed E-state index contributed by atoms with van der Waals surface area (Å²) in [5.41, 5.74) is 3.42. The SMILES string of the molecule is Clc1ccc(N2Cc3ccccc3OC2c2ccccc2)cc1. The number of ether oxygens (including phenoxy) is 1. The molecule has 1 heterocycles. The van der Waals surface area contributed by atoms with Crippen molar-refractivity contribution in [3.8, 4) is 5.75 Å². The molecule has 1 atom stereocenters. The topological polar surface area (TPSA) is 12.5 Å². The molecule has 1 aliphatic heterocycles. The van der Waals surface area contributed by atoms with Crippen LogP contribution in [0.4, 0.5) is 5.69 Å². The molecule has 2 nitrogen and oxygen atoms in total. The molecular formula is C20H16ClNO. The van der Waals surface area contributed by atoms with Gasteiger partial charge in [-0.1, -0.05) is 60.1 Å². The van der Waals surface area contributed by atoms with Crippen LogP contribution in [0.3, 0.4) is 0 Å². The second-order valence-electron chi connectivity index (χ2n) is 5.59. The third-order valence-corrected chi connectivity index (χ3v) is 4.33. The molecule has 0 saturated carbocycles. The fourth-order valence-corrected chi connectivity index (χ4v) is 3.05. The molecule has 1 aliphatic rings.